The molecule has 1 aromatic rings. The fraction of sp³-hybridized carbons (Fsp3) is 0.333. The number of H-pyrrole nitrogens is 1. The monoisotopic (exact) mass is 139 g/mol. The van der Waals surface area contributed by atoms with Gasteiger partial charge in [0, 0.05) is 7.05 Å². The molecular weight excluding hydrogens is 133 g/mol. The summed E-state index contributed by atoms with van der Waals surface area (Å²) in [6.07, 6.45) is 0. The second kappa shape index (κ2) is 2.46. The first-order chi connectivity index (χ1) is 4.72. The first kappa shape index (κ1) is 6.72. The highest BCUT2D eigenvalue weighted by atomic mass is 16.2. The number of tetrazole rings is 1. The van der Waals surface area contributed by atoms with Gasteiger partial charge >= 0.3 is 0 Å². The highest BCUT2D eigenvalue weighted by Gasteiger charge is 2.07. The van der Waals surface area contributed by atoms with Gasteiger partial charge in [-0.05, 0) is 5.21 Å². The minimum Gasteiger partial charge on any atom is -0.291 e. The molecule has 10 heavy (non-hydrogen) atoms. The Kier molecular flexibility index (Phi) is 1.66. The van der Waals surface area contributed by atoms with Crippen molar-refractivity contribution in [3.8, 4) is 0 Å². The molecule has 0 atom stereocenters. The molecule has 0 fully saturated rings. The van der Waals surface area contributed by atoms with Gasteiger partial charge in [0.2, 0.25) is 7.85 Å². The van der Waals surface area contributed by atoms with E-state index in [1.807, 2.05) is 0 Å². The Bertz CT molecular complexity index is 221. The molecule has 0 aliphatic heterocycles. The van der Waals surface area contributed by atoms with E-state index < -0.39 is 0 Å². The van der Waals surface area contributed by atoms with Crippen molar-refractivity contribution in [3.63, 3.8) is 0 Å². The largest absolute Gasteiger partial charge is 0.291 e. The average Bonchev–Trinajstić information content (AvgIpc) is 2.36. The quantitative estimate of drug-likeness (QED) is 0.475. The Balaban J connectivity index is 2.77. The van der Waals surface area contributed by atoms with E-state index in [-0.39, 0.29) is 11.8 Å². The van der Waals surface area contributed by atoms with Crippen LogP contribution in [0.3, 0.4) is 0 Å². The zero-order valence-corrected chi connectivity index (χ0v) is 5.70. The third kappa shape index (κ3) is 1.12. The maximum Gasteiger partial charge on any atom is 0.271 e. The zero-order chi connectivity index (χ0) is 7.56. The Morgan fingerprint density at radius 3 is 2.90 bits per heavy atom. The van der Waals surface area contributed by atoms with Crippen molar-refractivity contribution in [3.05, 3.63) is 0 Å². The summed E-state index contributed by atoms with van der Waals surface area (Å²) in [5.74, 6) is 0.161. The fourth-order valence-corrected chi connectivity index (χ4v) is 0.439. The van der Waals surface area contributed by atoms with Crippen LogP contribution in [0.25, 0.3) is 0 Å². The minimum atomic E-state index is -0.124. The smallest absolute Gasteiger partial charge is 0.271 e. The molecule has 1 heterocycles. The van der Waals surface area contributed by atoms with E-state index in [1.165, 1.54) is 12.7 Å². The van der Waals surface area contributed by atoms with Gasteiger partial charge in [-0.25, -0.2) is 0 Å². The lowest BCUT2D eigenvalue weighted by Crippen LogP contribution is -2.25. The van der Waals surface area contributed by atoms with Gasteiger partial charge in [-0.1, -0.05) is 5.10 Å². The molecule has 1 aromatic heterocycles. The third-order valence-corrected chi connectivity index (χ3v) is 1.11. The summed E-state index contributed by atoms with van der Waals surface area (Å²) in [6, 6.07) is 0. The maximum atomic E-state index is 10.6. The zero-order valence-electron chi connectivity index (χ0n) is 5.70. The average molecular weight is 139 g/mol. The lowest BCUT2D eigenvalue weighted by Gasteiger charge is -2.07. The molecular formula is C3H6BN5O. The first-order valence-corrected chi connectivity index (χ1v) is 2.69. The number of hydrogen-bond acceptors (Lipinski definition) is 4. The Morgan fingerprint density at radius 2 is 2.50 bits per heavy atom. The molecule has 6 nitrogen and oxygen atoms in total. The van der Waals surface area contributed by atoms with Crippen LogP contribution in [-0.2, 0) is 0 Å². The molecule has 1 amide bonds. The van der Waals surface area contributed by atoms with E-state index in [2.05, 4.69) is 20.6 Å². The van der Waals surface area contributed by atoms with Gasteiger partial charge in [-0.3, -0.25) is 9.69 Å². The van der Waals surface area contributed by atoms with Gasteiger partial charge in [-0.2, -0.15) is 5.21 Å². The molecule has 0 unspecified atom stereocenters. The third-order valence-electron chi connectivity index (χ3n) is 1.11. The second-order valence-corrected chi connectivity index (χ2v) is 1.79. The molecule has 7 heteroatoms. The number of carbonyl (C=O) groups is 1. The normalized spacial score (nSPS) is 9.30. The first-order valence-electron chi connectivity index (χ1n) is 2.69. The number of nitrogens with one attached hydrogen (secondary N) is 1. The van der Waals surface area contributed by atoms with E-state index in [0.717, 1.165) is 0 Å². The van der Waals surface area contributed by atoms with Gasteiger partial charge < -0.3 is 0 Å². The number of rotatable bonds is 1. The molecule has 1 N–H and O–H groups in total. The summed E-state index contributed by atoms with van der Waals surface area (Å²) in [5.41, 5.74) is 0. The highest BCUT2D eigenvalue weighted by Crippen LogP contribution is 1.97. The van der Waals surface area contributed by atoms with Crippen LogP contribution in [0.2, 0.25) is 0 Å². The number of amides is 1. The Hall–Kier alpha value is -1.40. The standard InChI is InChI=1S/C3H6BN5O/c1-9(2(4)10)3-5-7-8-6-3/h4H2,1H3,(H,5,6,7,8). The number of nitrogens with zero attached hydrogens (tertiary/aromatic N) is 4. The van der Waals surface area contributed by atoms with Crippen molar-refractivity contribution in [2.45, 2.75) is 0 Å². The van der Waals surface area contributed by atoms with Crippen molar-refractivity contribution in [1.82, 2.24) is 20.6 Å². The summed E-state index contributed by atoms with van der Waals surface area (Å²) in [5, 5.41) is 12.7. The van der Waals surface area contributed by atoms with E-state index in [9.17, 15) is 4.79 Å². The van der Waals surface area contributed by atoms with Gasteiger partial charge in [0.05, 0.1) is 0 Å². The van der Waals surface area contributed by atoms with Crippen LogP contribution in [0.15, 0.2) is 0 Å². The molecule has 0 aromatic carbocycles. The minimum absolute atomic E-state index is 0.124. The maximum absolute atomic E-state index is 10.6. The molecule has 0 saturated heterocycles. The van der Waals surface area contributed by atoms with E-state index in [4.69, 9.17) is 0 Å². The summed E-state index contributed by atoms with van der Waals surface area (Å²) in [7, 11) is 3.00. The molecule has 0 spiro atoms. The molecule has 0 radical (unpaired) electrons. The fourth-order valence-electron chi connectivity index (χ4n) is 0.439. The highest BCUT2D eigenvalue weighted by molar-refractivity contribution is 6.60. The Morgan fingerprint density at radius 1 is 1.80 bits per heavy atom. The number of carbonyl (C=O) groups excluding carboxylic acids is 1. The summed E-state index contributed by atoms with van der Waals surface area (Å²) >= 11 is 0. The van der Waals surface area contributed by atoms with Crippen molar-refractivity contribution in [2.75, 3.05) is 11.9 Å². The van der Waals surface area contributed by atoms with Crippen LogP contribution in [0, 0.1) is 0 Å². The van der Waals surface area contributed by atoms with Crippen LogP contribution < -0.4 is 4.90 Å². The number of aromatic nitrogens is 4. The number of anilines is 1. The van der Waals surface area contributed by atoms with Crippen molar-refractivity contribution < 1.29 is 4.79 Å². The van der Waals surface area contributed by atoms with Crippen LogP contribution in [0.1, 0.15) is 0 Å². The van der Waals surface area contributed by atoms with Crippen molar-refractivity contribution in [1.29, 1.82) is 0 Å². The lowest BCUT2D eigenvalue weighted by atomic mass is 10.1. The summed E-state index contributed by atoms with van der Waals surface area (Å²) in [6.45, 7) is 0. The van der Waals surface area contributed by atoms with Crippen LogP contribution in [0.5, 0.6) is 0 Å². The molecule has 52 valence electrons. The van der Waals surface area contributed by atoms with Gasteiger partial charge in [-0.15, -0.1) is 5.10 Å². The SMILES string of the molecule is BC(=O)N(C)c1nn[nH]n1. The molecule has 1 rings (SSSR count). The van der Waals surface area contributed by atoms with Crippen molar-refractivity contribution >= 4 is 19.6 Å². The predicted molar refractivity (Wildman–Crippen MR) is 36.5 cm³/mol. The summed E-state index contributed by atoms with van der Waals surface area (Å²) < 4.78 is 0. The second-order valence-electron chi connectivity index (χ2n) is 1.79. The number of aromatic amines is 1. The van der Waals surface area contributed by atoms with Crippen molar-refractivity contribution in [2.24, 2.45) is 0 Å². The van der Waals surface area contributed by atoms with Gasteiger partial charge in [0.15, 0.2) is 5.81 Å². The van der Waals surface area contributed by atoms with Crippen LogP contribution >= 0.6 is 0 Å². The molecule has 0 saturated carbocycles. The van der Waals surface area contributed by atoms with Gasteiger partial charge in [0.1, 0.15) is 0 Å². The molecule has 0 aliphatic rings. The predicted octanol–water partition coefficient (Wildman–Crippen LogP) is -1.61. The van der Waals surface area contributed by atoms with Crippen LogP contribution in [-0.4, -0.2) is 41.3 Å². The van der Waals surface area contributed by atoms with Crippen LogP contribution in [0.4, 0.5) is 10.7 Å². The Labute approximate surface area is 58.0 Å². The number of hydrogen-bond donors (Lipinski definition) is 1. The topological polar surface area (TPSA) is 74.8 Å². The molecule has 0 aliphatic carbocycles. The van der Waals surface area contributed by atoms with E-state index in [0.29, 0.717) is 0 Å². The molecule has 0 bridgehead atoms. The van der Waals surface area contributed by atoms with Gasteiger partial charge in [0.25, 0.3) is 5.95 Å². The van der Waals surface area contributed by atoms with E-state index >= 15 is 0 Å². The van der Waals surface area contributed by atoms with E-state index in [1.54, 1.807) is 7.05 Å². The summed E-state index contributed by atoms with van der Waals surface area (Å²) in [4.78, 5) is 11.9. The lowest BCUT2D eigenvalue weighted by molar-refractivity contribution is 0.265.